The highest BCUT2D eigenvalue weighted by Gasteiger charge is 2.58. The Morgan fingerprint density at radius 3 is 2.50 bits per heavy atom. The van der Waals surface area contributed by atoms with E-state index in [1.165, 1.54) is 6.07 Å². The van der Waals surface area contributed by atoms with Gasteiger partial charge in [0.2, 0.25) is 5.50 Å². The number of anilines is 1. The Labute approximate surface area is 137 Å². The van der Waals surface area contributed by atoms with Crippen LogP contribution < -0.4 is 11.1 Å². The predicted molar refractivity (Wildman–Crippen MR) is 84.7 cm³/mol. The average molecular weight is 361 g/mol. The number of aliphatic imine (C=N–C) groups is 1. The number of benzene rings is 1. The quantitative estimate of drug-likeness (QED) is 0.658. The molecule has 24 heavy (non-hydrogen) atoms. The number of amides is 1. The number of nitrogen functional groups attached to an aromatic ring is 1. The fourth-order valence-electron chi connectivity index (χ4n) is 2.51. The van der Waals surface area contributed by atoms with Gasteiger partial charge in [-0.25, -0.2) is 22.0 Å². The molecule has 10 heteroatoms. The monoisotopic (exact) mass is 361 g/mol. The SMILES string of the molecule is CC1(C)C(NC(=O)O)=N[C@](C)(c2cc(N)ccc2F)C(F)S1(=O)=O. The van der Waals surface area contributed by atoms with Crippen LogP contribution in [-0.2, 0) is 15.4 Å². The molecule has 1 aliphatic heterocycles. The van der Waals surface area contributed by atoms with E-state index in [0.717, 1.165) is 32.9 Å². The normalized spacial score (nSPS) is 28.0. The van der Waals surface area contributed by atoms with Crippen molar-refractivity contribution in [1.29, 1.82) is 0 Å². The zero-order chi connectivity index (χ0) is 18.5. The number of amidine groups is 1. The molecule has 0 fully saturated rings. The van der Waals surface area contributed by atoms with Gasteiger partial charge in [-0.15, -0.1) is 0 Å². The van der Waals surface area contributed by atoms with Gasteiger partial charge in [0.25, 0.3) is 0 Å². The van der Waals surface area contributed by atoms with E-state index in [4.69, 9.17) is 10.8 Å². The van der Waals surface area contributed by atoms with Crippen LogP contribution in [-0.4, -0.2) is 35.7 Å². The Morgan fingerprint density at radius 1 is 1.38 bits per heavy atom. The molecule has 0 radical (unpaired) electrons. The lowest BCUT2D eigenvalue weighted by Crippen LogP contribution is -2.60. The summed E-state index contributed by atoms with van der Waals surface area (Å²) in [7, 11) is -4.55. The fraction of sp³-hybridized carbons (Fsp3) is 0.429. The van der Waals surface area contributed by atoms with Gasteiger partial charge in [0, 0.05) is 11.3 Å². The van der Waals surface area contributed by atoms with Crippen LogP contribution in [0, 0.1) is 5.82 Å². The molecule has 2 rings (SSSR count). The summed E-state index contributed by atoms with van der Waals surface area (Å²) in [6.45, 7) is 3.32. The number of carboxylic acid groups (broad SMARTS) is 1. The molecule has 1 amide bonds. The zero-order valence-corrected chi connectivity index (χ0v) is 14.0. The van der Waals surface area contributed by atoms with Crippen LogP contribution >= 0.6 is 0 Å². The number of hydrogen-bond acceptors (Lipinski definition) is 5. The Bertz CT molecular complexity index is 838. The summed E-state index contributed by atoms with van der Waals surface area (Å²) in [5.41, 5.74) is 0.514. The number of rotatable bonds is 1. The van der Waals surface area contributed by atoms with Gasteiger partial charge in [-0.1, -0.05) is 0 Å². The Balaban J connectivity index is 2.81. The standard InChI is InChI=1S/C14H17F2N3O4S/c1-13(2)11(18-12(20)21)19-14(3,10(16)24(13,22)23)8-6-7(17)4-5-9(8)15/h4-6,10H,17H2,1-3H3,(H,18,19)(H,20,21)/t10?,14-/m1/s1. The summed E-state index contributed by atoms with van der Waals surface area (Å²) < 4.78 is 52.3. The van der Waals surface area contributed by atoms with Crippen molar-refractivity contribution in [2.45, 2.75) is 36.6 Å². The maximum atomic E-state index is 14.9. The lowest BCUT2D eigenvalue weighted by Gasteiger charge is -2.41. The number of nitrogens with two attached hydrogens (primary N) is 1. The van der Waals surface area contributed by atoms with E-state index >= 15 is 0 Å². The number of carbonyl (C=O) groups is 1. The lowest BCUT2D eigenvalue weighted by atomic mass is 9.92. The van der Waals surface area contributed by atoms with Crippen molar-refractivity contribution in [3.8, 4) is 0 Å². The number of halogens is 2. The minimum atomic E-state index is -4.55. The van der Waals surface area contributed by atoms with E-state index in [1.807, 2.05) is 5.32 Å². The van der Waals surface area contributed by atoms with E-state index in [1.54, 1.807) is 0 Å². The first-order chi connectivity index (χ1) is 10.8. The van der Waals surface area contributed by atoms with Gasteiger partial charge in [0.1, 0.15) is 21.9 Å². The molecule has 1 aromatic carbocycles. The molecular formula is C14H17F2N3O4S. The third-order valence-corrected chi connectivity index (χ3v) is 6.72. The molecule has 132 valence electrons. The first-order valence-corrected chi connectivity index (χ1v) is 8.42. The van der Waals surface area contributed by atoms with Crippen molar-refractivity contribution < 1.29 is 27.1 Å². The van der Waals surface area contributed by atoms with Crippen molar-refractivity contribution in [3.63, 3.8) is 0 Å². The number of hydrogen-bond donors (Lipinski definition) is 3. The van der Waals surface area contributed by atoms with Crippen molar-refractivity contribution in [2.24, 2.45) is 4.99 Å². The molecule has 1 heterocycles. The molecule has 0 spiro atoms. The predicted octanol–water partition coefficient (Wildman–Crippen LogP) is 1.79. The Hall–Kier alpha value is -2.23. The zero-order valence-electron chi connectivity index (χ0n) is 13.2. The van der Waals surface area contributed by atoms with Crippen LogP contribution in [0.2, 0.25) is 0 Å². The van der Waals surface area contributed by atoms with Gasteiger partial charge in [-0.05, 0) is 39.0 Å². The van der Waals surface area contributed by atoms with Crippen LogP contribution in [0.4, 0.5) is 19.3 Å². The fourth-order valence-corrected chi connectivity index (χ4v) is 4.17. The summed E-state index contributed by atoms with van der Waals surface area (Å²) in [4.78, 5) is 14.9. The van der Waals surface area contributed by atoms with Crippen LogP contribution in [0.15, 0.2) is 23.2 Å². The minimum absolute atomic E-state index is 0.0880. The smallest absolute Gasteiger partial charge is 0.410 e. The maximum Gasteiger partial charge on any atom is 0.410 e. The Morgan fingerprint density at radius 2 is 1.96 bits per heavy atom. The second-order valence-corrected chi connectivity index (χ2v) is 8.67. The number of sulfone groups is 1. The number of nitrogens with one attached hydrogen (secondary N) is 1. The second-order valence-electron chi connectivity index (χ2n) is 6.15. The first-order valence-electron chi connectivity index (χ1n) is 6.87. The molecule has 0 aliphatic carbocycles. The van der Waals surface area contributed by atoms with Crippen LogP contribution in [0.1, 0.15) is 26.3 Å². The van der Waals surface area contributed by atoms with Gasteiger partial charge in [0.15, 0.2) is 9.84 Å². The molecule has 1 aliphatic rings. The third-order valence-electron chi connectivity index (χ3n) is 4.10. The summed E-state index contributed by atoms with van der Waals surface area (Å²) in [5.74, 6) is -1.39. The molecule has 0 saturated carbocycles. The van der Waals surface area contributed by atoms with Gasteiger partial charge in [-0.3, -0.25) is 10.3 Å². The number of alkyl halides is 1. The van der Waals surface area contributed by atoms with Crippen molar-refractivity contribution in [3.05, 3.63) is 29.6 Å². The summed E-state index contributed by atoms with van der Waals surface area (Å²) >= 11 is 0. The second kappa shape index (κ2) is 5.40. The molecular weight excluding hydrogens is 344 g/mol. The average Bonchev–Trinajstić information content (AvgIpc) is 2.46. The molecule has 0 aromatic heterocycles. The molecule has 7 nitrogen and oxygen atoms in total. The van der Waals surface area contributed by atoms with Gasteiger partial charge >= 0.3 is 6.09 Å². The van der Waals surface area contributed by atoms with E-state index in [2.05, 4.69) is 4.99 Å². The minimum Gasteiger partial charge on any atom is -0.465 e. The van der Waals surface area contributed by atoms with Crippen LogP contribution in [0.3, 0.4) is 0 Å². The molecule has 0 bridgehead atoms. The molecule has 0 saturated heterocycles. The molecule has 2 atom stereocenters. The van der Waals surface area contributed by atoms with E-state index in [9.17, 15) is 22.0 Å². The summed E-state index contributed by atoms with van der Waals surface area (Å²) in [5, 5.41) is 10.8. The molecule has 4 N–H and O–H groups in total. The highest BCUT2D eigenvalue weighted by Crippen LogP contribution is 2.44. The van der Waals surface area contributed by atoms with Gasteiger partial charge in [0.05, 0.1) is 0 Å². The van der Waals surface area contributed by atoms with Crippen molar-refractivity contribution in [1.82, 2.24) is 5.32 Å². The summed E-state index contributed by atoms with van der Waals surface area (Å²) in [6, 6.07) is 3.28. The van der Waals surface area contributed by atoms with Crippen LogP contribution in [0.25, 0.3) is 0 Å². The lowest BCUT2D eigenvalue weighted by molar-refractivity contribution is 0.199. The maximum absolute atomic E-state index is 14.9. The van der Waals surface area contributed by atoms with Gasteiger partial charge in [-0.2, -0.15) is 0 Å². The van der Waals surface area contributed by atoms with Crippen molar-refractivity contribution in [2.75, 3.05) is 5.73 Å². The van der Waals surface area contributed by atoms with Crippen molar-refractivity contribution >= 4 is 27.5 Å². The highest BCUT2D eigenvalue weighted by atomic mass is 32.2. The third kappa shape index (κ3) is 2.50. The summed E-state index contributed by atoms with van der Waals surface area (Å²) in [6.07, 6.45) is -1.57. The van der Waals surface area contributed by atoms with E-state index in [0.29, 0.717) is 0 Å². The van der Waals surface area contributed by atoms with Gasteiger partial charge < -0.3 is 10.8 Å². The highest BCUT2D eigenvalue weighted by molar-refractivity contribution is 7.94. The van der Waals surface area contributed by atoms with Crippen LogP contribution in [0.5, 0.6) is 0 Å². The van der Waals surface area contributed by atoms with E-state index in [-0.39, 0.29) is 11.3 Å². The van der Waals surface area contributed by atoms with E-state index < -0.39 is 43.4 Å². The largest absolute Gasteiger partial charge is 0.465 e. The topological polar surface area (TPSA) is 122 Å². The first kappa shape index (κ1) is 18.1. The Kier molecular flexibility index (Phi) is 4.08. The number of nitrogens with zero attached hydrogens (tertiary/aromatic N) is 1. The molecule has 1 aromatic rings. The molecule has 1 unspecified atom stereocenters.